The van der Waals surface area contributed by atoms with Crippen molar-refractivity contribution >= 4 is 22.9 Å². The Morgan fingerprint density at radius 1 is 0.889 bits per heavy atom. The number of benzene rings is 3. The van der Waals surface area contributed by atoms with Crippen molar-refractivity contribution in [3.8, 4) is 11.5 Å². The molecule has 6 nitrogen and oxygen atoms in total. The van der Waals surface area contributed by atoms with Crippen LogP contribution in [-0.2, 0) is 0 Å². The first-order valence-electron chi connectivity index (χ1n) is 8.69. The molecule has 0 saturated heterocycles. The number of hydrogen-bond donors (Lipinski definition) is 2. The zero-order valence-corrected chi connectivity index (χ0v) is 14.4. The largest absolute Gasteiger partial charge is 0.457 e. The van der Waals surface area contributed by atoms with Gasteiger partial charge in [0.2, 0.25) is 5.95 Å². The molecule has 0 saturated carbocycles. The van der Waals surface area contributed by atoms with Crippen LogP contribution in [0.15, 0.2) is 83.9 Å². The molecule has 0 spiro atoms. The van der Waals surface area contributed by atoms with E-state index in [9.17, 15) is 0 Å². The maximum absolute atomic E-state index is 6.14. The van der Waals surface area contributed by atoms with Crippen LogP contribution in [0.5, 0.6) is 11.5 Å². The van der Waals surface area contributed by atoms with E-state index in [1.807, 2.05) is 83.4 Å². The molecule has 0 fully saturated rings. The first kappa shape index (κ1) is 15.5. The third-order valence-electron chi connectivity index (χ3n) is 4.51. The van der Waals surface area contributed by atoms with E-state index in [1.165, 1.54) is 0 Å². The van der Waals surface area contributed by atoms with Gasteiger partial charge in [0.25, 0.3) is 0 Å². The van der Waals surface area contributed by atoms with Crippen LogP contribution < -0.4 is 15.8 Å². The molecule has 0 unspecified atom stereocenters. The summed E-state index contributed by atoms with van der Waals surface area (Å²) in [4.78, 5) is 9.29. The van der Waals surface area contributed by atoms with E-state index in [0.717, 1.165) is 28.1 Å². The summed E-state index contributed by atoms with van der Waals surface area (Å²) in [5.74, 6) is 2.50. The quantitative estimate of drug-likeness (QED) is 0.580. The van der Waals surface area contributed by atoms with Crippen molar-refractivity contribution in [3.05, 3.63) is 84.4 Å². The number of guanidine groups is 1. The monoisotopic (exact) mass is 355 g/mol. The van der Waals surface area contributed by atoms with Crippen LogP contribution in [0.25, 0.3) is 11.0 Å². The number of nitrogens with one attached hydrogen (secondary N) is 1. The predicted octanol–water partition coefficient (Wildman–Crippen LogP) is 4.12. The highest BCUT2D eigenvalue weighted by molar-refractivity contribution is 5.94. The lowest BCUT2D eigenvalue weighted by molar-refractivity contribution is 0.464. The summed E-state index contributed by atoms with van der Waals surface area (Å²) in [7, 11) is 0. The van der Waals surface area contributed by atoms with Gasteiger partial charge in [0, 0.05) is 5.56 Å². The van der Waals surface area contributed by atoms with E-state index in [0.29, 0.717) is 11.9 Å². The van der Waals surface area contributed by atoms with Crippen LogP contribution in [-0.4, -0.2) is 15.5 Å². The van der Waals surface area contributed by atoms with E-state index >= 15 is 0 Å². The van der Waals surface area contributed by atoms with E-state index in [4.69, 9.17) is 10.5 Å². The zero-order valence-electron chi connectivity index (χ0n) is 14.4. The summed E-state index contributed by atoms with van der Waals surface area (Å²) in [6.45, 7) is 0. The minimum Gasteiger partial charge on any atom is -0.457 e. The van der Waals surface area contributed by atoms with Crippen molar-refractivity contribution in [2.45, 2.75) is 6.17 Å². The van der Waals surface area contributed by atoms with E-state index < -0.39 is 0 Å². The highest BCUT2D eigenvalue weighted by atomic mass is 16.5. The van der Waals surface area contributed by atoms with Crippen molar-refractivity contribution < 1.29 is 4.74 Å². The maximum Gasteiger partial charge on any atom is 0.212 e. The SMILES string of the molecule is NC1=N[C@H](c2ccccc2Oc2ccccc2)n2c(nc3ccccc32)N1. The molecule has 0 bridgehead atoms. The Kier molecular flexibility index (Phi) is 3.53. The molecular weight excluding hydrogens is 338 g/mol. The van der Waals surface area contributed by atoms with Gasteiger partial charge in [-0.05, 0) is 30.3 Å². The lowest BCUT2D eigenvalue weighted by atomic mass is 10.1. The molecule has 2 heterocycles. The average Bonchev–Trinajstić information content (AvgIpc) is 3.07. The Labute approximate surface area is 155 Å². The smallest absolute Gasteiger partial charge is 0.212 e. The van der Waals surface area contributed by atoms with Gasteiger partial charge in [-0.2, -0.15) is 0 Å². The highest BCUT2D eigenvalue weighted by Gasteiger charge is 2.27. The fourth-order valence-electron chi connectivity index (χ4n) is 3.33. The average molecular weight is 355 g/mol. The molecule has 1 aliphatic rings. The maximum atomic E-state index is 6.14. The van der Waals surface area contributed by atoms with Crippen LogP contribution >= 0.6 is 0 Å². The van der Waals surface area contributed by atoms with Crippen LogP contribution in [0.2, 0.25) is 0 Å². The summed E-state index contributed by atoms with van der Waals surface area (Å²) >= 11 is 0. The third kappa shape index (κ3) is 2.67. The van der Waals surface area contributed by atoms with Gasteiger partial charge in [-0.3, -0.25) is 9.88 Å². The second kappa shape index (κ2) is 6.17. The van der Waals surface area contributed by atoms with E-state index in [-0.39, 0.29) is 6.17 Å². The molecule has 0 amide bonds. The van der Waals surface area contributed by atoms with Crippen molar-refractivity contribution in [2.24, 2.45) is 10.7 Å². The number of imidazole rings is 1. The number of anilines is 1. The number of nitrogens with two attached hydrogens (primary N) is 1. The number of fused-ring (bicyclic) bond motifs is 3. The number of para-hydroxylation sites is 4. The van der Waals surface area contributed by atoms with Crippen molar-refractivity contribution in [3.63, 3.8) is 0 Å². The lowest BCUT2D eigenvalue weighted by Crippen LogP contribution is -2.31. The summed E-state index contributed by atoms with van der Waals surface area (Å²) in [5.41, 5.74) is 8.83. The van der Waals surface area contributed by atoms with Crippen molar-refractivity contribution in [1.29, 1.82) is 0 Å². The Morgan fingerprint density at radius 2 is 1.63 bits per heavy atom. The Balaban J connectivity index is 1.66. The lowest BCUT2D eigenvalue weighted by Gasteiger charge is -2.25. The molecule has 3 N–H and O–H groups in total. The summed E-state index contributed by atoms with van der Waals surface area (Å²) in [6.07, 6.45) is -0.367. The minimum atomic E-state index is -0.367. The fourth-order valence-corrected chi connectivity index (χ4v) is 3.33. The van der Waals surface area contributed by atoms with Gasteiger partial charge in [-0.1, -0.05) is 48.5 Å². The normalized spacial score (nSPS) is 15.7. The molecule has 1 aliphatic heterocycles. The van der Waals surface area contributed by atoms with Crippen LogP contribution in [0.4, 0.5) is 5.95 Å². The van der Waals surface area contributed by atoms with Crippen LogP contribution in [0.1, 0.15) is 11.7 Å². The Hall–Kier alpha value is -3.80. The van der Waals surface area contributed by atoms with Gasteiger partial charge in [-0.25, -0.2) is 9.98 Å². The molecule has 3 aromatic carbocycles. The Morgan fingerprint density at radius 3 is 2.52 bits per heavy atom. The standard InChI is InChI=1S/C21H17N5O/c22-20-24-19(26-17-12-6-5-11-16(17)23-21(26)25-20)15-10-4-7-13-18(15)27-14-8-2-1-3-9-14/h1-13,19H,(H3,22,23,24,25)/t19-/m0/s1. The molecule has 0 radical (unpaired) electrons. The second-order valence-corrected chi connectivity index (χ2v) is 6.26. The first-order valence-corrected chi connectivity index (χ1v) is 8.69. The van der Waals surface area contributed by atoms with Gasteiger partial charge in [0.1, 0.15) is 11.5 Å². The topological polar surface area (TPSA) is 77.5 Å². The molecule has 5 rings (SSSR count). The van der Waals surface area contributed by atoms with Crippen LogP contribution in [0.3, 0.4) is 0 Å². The number of nitrogens with zero attached hydrogens (tertiary/aromatic N) is 3. The van der Waals surface area contributed by atoms with Crippen LogP contribution in [0, 0.1) is 0 Å². The van der Waals surface area contributed by atoms with E-state index in [2.05, 4.69) is 15.3 Å². The summed E-state index contributed by atoms with van der Waals surface area (Å²) in [5, 5.41) is 3.06. The number of hydrogen-bond acceptors (Lipinski definition) is 5. The van der Waals surface area contributed by atoms with Gasteiger partial charge >= 0.3 is 0 Å². The van der Waals surface area contributed by atoms with Crippen molar-refractivity contribution in [1.82, 2.24) is 9.55 Å². The molecule has 132 valence electrons. The van der Waals surface area contributed by atoms with Gasteiger partial charge in [0.15, 0.2) is 12.1 Å². The minimum absolute atomic E-state index is 0.331. The molecule has 4 aromatic rings. The molecule has 1 atom stereocenters. The molecular formula is C21H17N5O. The highest BCUT2D eigenvalue weighted by Crippen LogP contribution is 2.37. The number of aliphatic imine (C=N–C) groups is 1. The Bertz CT molecular complexity index is 1150. The first-order chi connectivity index (χ1) is 13.3. The molecule has 27 heavy (non-hydrogen) atoms. The number of aromatic nitrogens is 2. The van der Waals surface area contributed by atoms with Gasteiger partial charge in [0.05, 0.1) is 11.0 Å². The molecule has 6 heteroatoms. The molecule has 1 aromatic heterocycles. The van der Waals surface area contributed by atoms with Crippen molar-refractivity contribution in [2.75, 3.05) is 5.32 Å². The number of ether oxygens (including phenoxy) is 1. The van der Waals surface area contributed by atoms with Gasteiger partial charge in [-0.15, -0.1) is 0 Å². The molecule has 0 aliphatic carbocycles. The third-order valence-corrected chi connectivity index (χ3v) is 4.51. The van der Waals surface area contributed by atoms with Gasteiger partial charge < -0.3 is 10.5 Å². The fraction of sp³-hybridized carbons (Fsp3) is 0.0476. The van der Waals surface area contributed by atoms with E-state index in [1.54, 1.807) is 0 Å². The predicted molar refractivity (Wildman–Crippen MR) is 106 cm³/mol. The summed E-state index contributed by atoms with van der Waals surface area (Å²) < 4.78 is 8.18. The second-order valence-electron chi connectivity index (χ2n) is 6.26. The number of rotatable bonds is 3. The zero-order chi connectivity index (χ0) is 18.2. The summed E-state index contributed by atoms with van der Waals surface area (Å²) in [6, 6.07) is 25.5.